The Morgan fingerprint density at radius 1 is 1.25 bits per heavy atom. The van der Waals surface area contributed by atoms with Crippen LogP contribution in [0.5, 0.6) is 0 Å². The Morgan fingerprint density at radius 3 is 2.69 bits per heavy atom. The maximum Gasteiger partial charge on any atom is 0.223 e. The molecule has 0 radical (unpaired) electrons. The van der Waals surface area contributed by atoms with E-state index in [1.165, 1.54) is 12.8 Å². The molecule has 3 nitrogen and oxygen atoms in total. The van der Waals surface area contributed by atoms with Gasteiger partial charge in [0.05, 0.1) is 0 Å². The summed E-state index contributed by atoms with van der Waals surface area (Å²) in [6.07, 6.45) is 5.40. The van der Waals surface area contributed by atoms with Gasteiger partial charge >= 0.3 is 0 Å². The number of amides is 1. The van der Waals surface area contributed by atoms with Crippen LogP contribution in [0.2, 0.25) is 0 Å². The lowest BCUT2D eigenvalue weighted by Gasteiger charge is -2.25. The van der Waals surface area contributed by atoms with Crippen molar-refractivity contribution in [3.63, 3.8) is 0 Å². The third kappa shape index (κ3) is 2.98. The molecule has 1 saturated carbocycles. The van der Waals surface area contributed by atoms with Crippen molar-refractivity contribution in [2.24, 2.45) is 11.8 Å². The van der Waals surface area contributed by atoms with E-state index < -0.39 is 0 Å². The molecular formula is C12H20BrNO2. The van der Waals surface area contributed by atoms with E-state index >= 15 is 0 Å². The second-order valence-corrected chi connectivity index (χ2v) is 5.49. The fourth-order valence-electron chi connectivity index (χ4n) is 2.67. The molecular weight excluding hydrogens is 270 g/mol. The standard InChI is InChI=1S/C12H20BrNO2/c13-8-10-2-1-3-11(10)14-12(15)9-4-6-16-7-5-9/h9-11H,1-8H2,(H,14,15). The maximum absolute atomic E-state index is 12.0. The van der Waals surface area contributed by atoms with E-state index in [2.05, 4.69) is 21.2 Å². The summed E-state index contributed by atoms with van der Waals surface area (Å²) in [4.78, 5) is 12.0. The Bertz CT molecular complexity index is 241. The molecule has 2 rings (SSSR count). The topological polar surface area (TPSA) is 38.3 Å². The van der Waals surface area contributed by atoms with Crippen LogP contribution < -0.4 is 5.32 Å². The summed E-state index contributed by atoms with van der Waals surface area (Å²) in [5.41, 5.74) is 0. The average molecular weight is 290 g/mol. The highest BCUT2D eigenvalue weighted by atomic mass is 79.9. The first-order valence-electron chi connectivity index (χ1n) is 6.25. The third-order valence-electron chi connectivity index (χ3n) is 3.78. The smallest absolute Gasteiger partial charge is 0.223 e. The lowest BCUT2D eigenvalue weighted by Crippen LogP contribution is -2.42. The second-order valence-electron chi connectivity index (χ2n) is 4.85. The SMILES string of the molecule is O=C(NC1CCCC1CBr)C1CCOCC1. The van der Waals surface area contributed by atoms with Gasteiger partial charge in [-0.05, 0) is 31.6 Å². The van der Waals surface area contributed by atoms with Crippen LogP contribution in [0.4, 0.5) is 0 Å². The lowest BCUT2D eigenvalue weighted by molar-refractivity contribution is -0.128. The summed E-state index contributed by atoms with van der Waals surface area (Å²) in [6, 6.07) is 0.398. The lowest BCUT2D eigenvalue weighted by atomic mass is 9.98. The molecule has 1 aliphatic heterocycles. The first-order valence-corrected chi connectivity index (χ1v) is 7.37. The van der Waals surface area contributed by atoms with Crippen molar-refractivity contribution in [2.75, 3.05) is 18.5 Å². The van der Waals surface area contributed by atoms with Gasteiger partial charge in [0.2, 0.25) is 5.91 Å². The Balaban J connectivity index is 1.81. The minimum Gasteiger partial charge on any atom is -0.381 e. The van der Waals surface area contributed by atoms with Crippen molar-refractivity contribution >= 4 is 21.8 Å². The molecule has 92 valence electrons. The zero-order valence-electron chi connectivity index (χ0n) is 9.58. The van der Waals surface area contributed by atoms with Gasteiger partial charge in [-0.3, -0.25) is 4.79 Å². The number of hydrogen-bond donors (Lipinski definition) is 1. The van der Waals surface area contributed by atoms with E-state index in [1.54, 1.807) is 0 Å². The van der Waals surface area contributed by atoms with Gasteiger partial charge in [0, 0.05) is 30.5 Å². The molecule has 0 aromatic carbocycles. The van der Waals surface area contributed by atoms with Crippen molar-refractivity contribution in [1.29, 1.82) is 0 Å². The molecule has 2 atom stereocenters. The number of carbonyl (C=O) groups excluding carboxylic acids is 1. The first kappa shape index (κ1) is 12.4. The molecule has 0 bridgehead atoms. The quantitative estimate of drug-likeness (QED) is 0.808. The minimum absolute atomic E-state index is 0.185. The maximum atomic E-state index is 12.0. The predicted octanol–water partition coefficient (Wildman–Crippen LogP) is 2.09. The van der Waals surface area contributed by atoms with Crippen LogP contribution in [0.1, 0.15) is 32.1 Å². The van der Waals surface area contributed by atoms with Gasteiger partial charge in [0.15, 0.2) is 0 Å². The van der Waals surface area contributed by atoms with Crippen LogP contribution >= 0.6 is 15.9 Å². The first-order chi connectivity index (χ1) is 7.81. The van der Waals surface area contributed by atoms with Gasteiger partial charge in [-0.25, -0.2) is 0 Å². The van der Waals surface area contributed by atoms with Gasteiger partial charge in [0.1, 0.15) is 0 Å². The Hall–Kier alpha value is -0.0900. The fraction of sp³-hybridized carbons (Fsp3) is 0.917. The molecule has 2 fully saturated rings. The summed E-state index contributed by atoms with van der Waals surface area (Å²) < 4.78 is 5.27. The van der Waals surface area contributed by atoms with Crippen molar-refractivity contribution in [3.8, 4) is 0 Å². The summed E-state index contributed by atoms with van der Waals surface area (Å²) in [5.74, 6) is 1.07. The number of halogens is 1. The molecule has 1 aliphatic carbocycles. The zero-order chi connectivity index (χ0) is 11.4. The van der Waals surface area contributed by atoms with Gasteiger partial charge in [-0.15, -0.1) is 0 Å². The molecule has 0 spiro atoms. The van der Waals surface area contributed by atoms with Crippen molar-refractivity contribution in [1.82, 2.24) is 5.32 Å². The molecule has 2 unspecified atom stereocenters. The molecule has 0 aromatic heterocycles. The molecule has 2 aliphatic rings. The number of carbonyl (C=O) groups is 1. The number of ether oxygens (including phenoxy) is 1. The molecule has 1 N–H and O–H groups in total. The fourth-order valence-corrected chi connectivity index (χ4v) is 3.45. The Kier molecular flexibility index (Phi) is 4.65. The van der Waals surface area contributed by atoms with Crippen LogP contribution in [0.15, 0.2) is 0 Å². The molecule has 16 heavy (non-hydrogen) atoms. The van der Waals surface area contributed by atoms with Crippen molar-refractivity contribution in [2.45, 2.75) is 38.1 Å². The van der Waals surface area contributed by atoms with Crippen molar-refractivity contribution in [3.05, 3.63) is 0 Å². The Labute approximate surface area is 105 Å². The van der Waals surface area contributed by atoms with Crippen LogP contribution in [-0.4, -0.2) is 30.5 Å². The number of hydrogen-bond acceptors (Lipinski definition) is 2. The van der Waals surface area contributed by atoms with E-state index in [1.807, 2.05) is 0 Å². The normalized spacial score (nSPS) is 31.6. The number of alkyl halides is 1. The van der Waals surface area contributed by atoms with Crippen LogP contribution in [0.3, 0.4) is 0 Å². The minimum atomic E-state index is 0.185. The molecule has 1 saturated heterocycles. The summed E-state index contributed by atoms with van der Waals surface area (Å²) in [6.45, 7) is 1.48. The molecule has 4 heteroatoms. The van der Waals surface area contributed by atoms with Gasteiger partial charge in [-0.1, -0.05) is 22.4 Å². The van der Waals surface area contributed by atoms with Gasteiger partial charge in [0.25, 0.3) is 0 Å². The number of rotatable bonds is 3. The third-order valence-corrected chi connectivity index (χ3v) is 4.61. The summed E-state index contributed by atoms with van der Waals surface area (Å²) in [5, 5.41) is 4.23. The van der Waals surface area contributed by atoms with E-state index in [0.717, 1.165) is 37.8 Å². The van der Waals surface area contributed by atoms with Crippen LogP contribution in [-0.2, 0) is 9.53 Å². The molecule has 1 heterocycles. The van der Waals surface area contributed by atoms with E-state index in [9.17, 15) is 4.79 Å². The predicted molar refractivity (Wildman–Crippen MR) is 66.6 cm³/mol. The molecule has 1 amide bonds. The van der Waals surface area contributed by atoms with Crippen molar-refractivity contribution < 1.29 is 9.53 Å². The zero-order valence-corrected chi connectivity index (χ0v) is 11.2. The van der Waals surface area contributed by atoms with E-state index in [-0.39, 0.29) is 11.8 Å². The van der Waals surface area contributed by atoms with Gasteiger partial charge in [-0.2, -0.15) is 0 Å². The van der Waals surface area contributed by atoms with Crippen LogP contribution in [0.25, 0.3) is 0 Å². The van der Waals surface area contributed by atoms with Crippen LogP contribution in [0, 0.1) is 11.8 Å². The number of nitrogens with one attached hydrogen (secondary N) is 1. The highest BCUT2D eigenvalue weighted by molar-refractivity contribution is 9.09. The van der Waals surface area contributed by atoms with E-state index in [4.69, 9.17) is 4.74 Å². The average Bonchev–Trinajstić information content (AvgIpc) is 2.77. The van der Waals surface area contributed by atoms with Gasteiger partial charge < -0.3 is 10.1 Å². The highest BCUT2D eigenvalue weighted by Gasteiger charge is 2.30. The summed E-state index contributed by atoms with van der Waals surface area (Å²) in [7, 11) is 0. The Morgan fingerprint density at radius 2 is 2.00 bits per heavy atom. The van der Waals surface area contributed by atoms with E-state index in [0.29, 0.717) is 12.0 Å². The highest BCUT2D eigenvalue weighted by Crippen LogP contribution is 2.27. The monoisotopic (exact) mass is 289 g/mol. The molecule has 0 aromatic rings. The largest absolute Gasteiger partial charge is 0.381 e. The second kappa shape index (κ2) is 6.01. The summed E-state index contributed by atoms with van der Waals surface area (Å²) >= 11 is 3.53.